The molecule has 1 atom stereocenters. The predicted octanol–water partition coefficient (Wildman–Crippen LogP) is 2.01. The van der Waals surface area contributed by atoms with Crippen LogP contribution in [0.2, 0.25) is 0 Å². The number of hydrogen-bond donors (Lipinski definition) is 1. The summed E-state index contributed by atoms with van der Waals surface area (Å²) in [5.41, 5.74) is 0.947. The van der Waals surface area contributed by atoms with Gasteiger partial charge in [-0.1, -0.05) is 19.9 Å². The summed E-state index contributed by atoms with van der Waals surface area (Å²) in [5, 5.41) is 2.70. The molecule has 1 saturated heterocycles. The highest BCUT2D eigenvalue weighted by Gasteiger charge is 2.33. The molecule has 2 rings (SSSR count). The molecule has 1 unspecified atom stereocenters. The van der Waals surface area contributed by atoms with Gasteiger partial charge < -0.3 is 10.2 Å². The lowest BCUT2D eigenvalue weighted by Gasteiger charge is -2.33. The zero-order chi connectivity index (χ0) is 14.9. The number of amides is 2. The van der Waals surface area contributed by atoms with E-state index in [1.54, 1.807) is 19.1 Å². The molecule has 2 amide bonds. The summed E-state index contributed by atoms with van der Waals surface area (Å²) in [7, 11) is 0. The zero-order valence-corrected chi connectivity index (χ0v) is 11.9. The van der Waals surface area contributed by atoms with Crippen molar-refractivity contribution in [2.75, 3.05) is 11.4 Å². The Morgan fingerprint density at radius 2 is 2.10 bits per heavy atom. The molecule has 1 aromatic rings. The molecule has 5 heteroatoms. The van der Waals surface area contributed by atoms with Crippen LogP contribution in [0.15, 0.2) is 18.2 Å². The van der Waals surface area contributed by atoms with Crippen molar-refractivity contribution in [2.45, 2.75) is 33.2 Å². The van der Waals surface area contributed by atoms with Crippen LogP contribution in [-0.2, 0) is 9.59 Å². The molecule has 1 fully saturated rings. The fourth-order valence-corrected chi connectivity index (χ4v) is 2.31. The highest BCUT2D eigenvalue weighted by Crippen LogP contribution is 2.22. The largest absolute Gasteiger partial charge is 0.343 e. The highest BCUT2D eigenvalue weighted by atomic mass is 19.1. The van der Waals surface area contributed by atoms with Crippen LogP contribution in [-0.4, -0.2) is 24.4 Å². The Morgan fingerprint density at radius 1 is 1.40 bits per heavy atom. The van der Waals surface area contributed by atoms with E-state index in [9.17, 15) is 14.0 Å². The number of nitrogens with one attached hydrogen (secondary N) is 1. The lowest BCUT2D eigenvalue weighted by Crippen LogP contribution is -2.58. The summed E-state index contributed by atoms with van der Waals surface area (Å²) < 4.78 is 13.6. The Morgan fingerprint density at radius 3 is 2.70 bits per heavy atom. The van der Waals surface area contributed by atoms with Gasteiger partial charge in [-0.2, -0.15) is 0 Å². The van der Waals surface area contributed by atoms with Gasteiger partial charge >= 0.3 is 0 Å². The normalized spacial score (nSPS) is 19.4. The van der Waals surface area contributed by atoms with Gasteiger partial charge in [-0.05, 0) is 37.0 Å². The van der Waals surface area contributed by atoms with Gasteiger partial charge in [0.05, 0.1) is 0 Å². The van der Waals surface area contributed by atoms with Gasteiger partial charge in [0.2, 0.25) is 11.8 Å². The fourth-order valence-electron chi connectivity index (χ4n) is 2.31. The van der Waals surface area contributed by atoms with Gasteiger partial charge in [0, 0.05) is 5.69 Å². The molecule has 108 valence electrons. The van der Waals surface area contributed by atoms with E-state index in [4.69, 9.17) is 0 Å². The maximum atomic E-state index is 13.6. The van der Waals surface area contributed by atoms with Crippen LogP contribution in [0.4, 0.5) is 10.1 Å². The first kappa shape index (κ1) is 14.5. The third-order valence-electron chi connectivity index (χ3n) is 3.38. The molecule has 0 aromatic heterocycles. The van der Waals surface area contributed by atoms with Crippen LogP contribution in [0, 0.1) is 18.7 Å². The molecule has 0 radical (unpaired) electrons. The Bertz CT molecular complexity index is 543. The van der Waals surface area contributed by atoms with Crippen molar-refractivity contribution in [3.05, 3.63) is 29.6 Å². The quantitative estimate of drug-likeness (QED) is 0.919. The summed E-state index contributed by atoms with van der Waals surface area (Å²) in [6, 6.07) is 4.06. The molecule has 0 aliphatic carbocycles. The van der Waals surface area contributed by atoms with E-state index in [0.717, 1.165) is 0 Å². The Balaban J connectivity index is 2.27. The zero-order valence-electron chi connectivity index (χ0n) is 11.9. The topological polar surface area (TPSA) is 49.4 Å². The minimum atomic E-state index is -0.527. The predicted molar refractivity (Wildman–Crippen MR) is 74.9 cm³/mol. The summed E-state index contributed by atoms with van der Waals surface area (Å²) >= 11 is 0. The highest BCUT2D eigenvalue weighted by molar-refractivity contribution is 6.06. The molecule has 1 aliphatic heterocycles. The average molecular weight is 278 g/mol. The lowest BCUT2D eigenvalue weighted by molar-refractivity contribution is -0.131. The van der Waals surface area contributed by atoms with E-state index in [2.05, 4.69) is 5.32 Å². The van der Waals surface area contributed by atoms with Gasteiger partial charge in [-0.3, -0.25) is 9.59 Å². The number of nitrogens with zero attached hydrogens (tertiary/aromatic N) is 1. The van der Waals surface area contributed by atoms with E-state index in [0.29, 0.717) is 23.6 Å². The van der Waals surface area contributed by atoms with E-state index in [1.807, 2.05) is 13.8 Å². The summed E-state index contributed by atoms with van der Waals surface area (Å²) in [4.78, 5) is 25.5. The van der Waals surface area contributed by atoms with Gasteiger partial charge in [0.1, 0.15) is 18.4 Å². The van der Waals surface area contributed by atoms with Crippen molar-refractivity contribution < 1.29 is 14.0 Å². The maximum Gasteiger partial charge on any atom is 0.250 e. The van der Waals surface area contributed by atoms with Crippen molar-refractivity contribution in [1.29, 1.82) is 0 Å². The first-order chi connectivity index (χ1) is 9.38. The standard InChI is InChI=1S/C15H19FN2O2/c1-9(2)6-13-15(20)18(8-14(19)17-13)11-5-4-10(3)12(16)7-11/h4-5,7,9,13H,6,8H2,1-3H3,(H,17,19). The summed E-state index contributed by atoms with van der Waals surface area (Å²) in [6.45, 7) is 5.58. The number of anilines is 1. The SMILES string of the molecule is Cc1ccc(N2CC(=O)NC(CC(C)C)C2=O)cc1F. The summed E-state index contributed by atoms with van der Waals surface area (Å²) in [5.74, 6) is -0.474. The number of carbonyl (C=O) groups is 2. The molecule has 0 spiro atoms. The van der Waals surface area contributed by atoms with Crippen LogP contribution in [0.3, 0.4) is 0 Å². The number of hydrogen-bond acceptors (Lipinski definition) is 2. The number of benzene rings is 1. The van der Waals surface area contributed by atoms with Gasteiger partial charge in [-0.15, -0.1) is 0 Å². The van der Waals surface area contributed by atoms with Crippen molar-refractivity contribution in [2.24, 2.45) is 5.92 Å². The minimum absolute atomic E-state index is 0.0596. The molecule has 0 bridgehead atoms. The molecule has 0 saturated carbocycles. The molecule has 1 aromatic carbocycles. The number of aryl methyl sites for hydroxylation is 1. The second-order valence-corrected chi connectivity index (χ2v) is 5.61. The van der Waals surface area contributed by atoms with Crippen LogP contribution in [0.25, 0.3) is 0 Å². The summed E-state index contributed by atoms with van der Waals surface area (Å²) in [6.07, 6.45) is 0.579. The first-order valence-corrected chi connectivity index (χ1v) is 6.75. The minimum Gasteiger partial charge on any atom is -0.343 e. The van der Waals surface area contributed by atoms with E-state index < -0.39 is 6.04 Å². The number of rotatable bonds is 3. The monoisotopic (exact) mass is 278 g/mol. The Kier molecular flexibility index (Phi) is 4.06. The lowest BCUT2D eigenvalue weighted by atomic mass is 10.0. The Labute approximate surface area is 118 Å². The van der Waals surface area contributed by atoms with Gasteiger partial charge in [-0.25, -0.2) is 4.39 Å². The molecule has 1 N–H and O–H groups in total. The van der Waals surface area contributed by atoms with Gasteiger partial charge in [0.15, 0.2) is 0 Å². The smallest absolute Gasteiger partial charge is 0.250 e. The molecular formula is C15H19FN2O2. The number of halogens is 1. The molecule has 1 heterocycles. The number of carbonyl (C=O) groups excluding carboxylic acids is 2. The molecule has 20 heavy (non-hydrogen) atoms. The van der Waals surface area contributed by atoms with Crippen molar-refractivity contribution in [3.8, 4) is 0 Å². The van der Waals surface area contributed by atoms with Crippen LogP contribution in [0.5, 0.6) is 0 Å². The second kappa shape index (κ2) is 5.61. The van der Waals surface area contributed by atoms with Crippen LogP contribution >= 0.6 is 0 Å². The van der Waals surface area contributed by atoms with E-state index >= 15 is 0 Å². The van der Waals surface area contributed by atoms with Crippen molar-refractivity contribution in [3.63, 3.8) is 0 Å². The van der Waals surface area contributed by atoms with Crippen molar-refractivity contribution >= 4 is 17.5 Å². The fraction of sp³-hybridized carbons (Fsp3) is 0.467. The average Bonchev–Trinajstić information content (AvgIpc) is 2.36. The molecule has 4 nitrogen and oxygen atoms in total. The maximum absolute atomic E-state index is 13.6. The first-order valence-electron chi connectivity index (χ1n) is 6.75. The van der Waals surface area contributed by atoms with Crippen LogP contribution in [0.1, 0.15) is 25.8 Å². The van der Waals surface area contributed by atoms with E-state index in [-0.39, 0.29) is 24.2 Å². The Hall–Kier alpha value is -1.91. The van der Waals surface area contributed by atoms with Gasteiger partial charge in [0.25, 0.3) is 0 Å². The molecule has 1 aliphatic rings. The second-order valence-electron chi connectivity index (χ2n) is 5.61. The van der Waals surface area contributed by atoms with Crippen molar-refractivity contribution in [1.82, 2.24) is 5.32 Å². The molecular weight excluding hydrogens is 259 g/mol. The number of piperazine rings is 1. The van der Waals surface area contributed by atoms with E-state index in [1.165, 1.54) is 11.0 Å². The third kappa shape index (κ3) is 2.98. The third-order valence-corrected chi connectivity index (χ3v) is 3.38. The van der Waals surface area contributed by atoms with Crippen LogP contribution < -0.4 is 10.2 Å².